The molecule has 1 saturated carbocycles. The summed E-state index contributed by atoms with van der Waals surface area (Å²) in [5.74, 6) is 0.497. The molecule has 2 atom stereocenters. The molecule has 4 aromatic carbocycles. The fourth-order valence-electron chi connectivity index (χ4n) is 8.19. The van der Waals surface area contributed by atoms with Gasteiger partial charge in [0.1, 0.15) is 0 Å². The van der Waals surface area contributed by atoms with Gasteiger partial charge in [0.25, 0.3) is 0 Å². The zero-order valence-corrected chi connectivity index (χ0v) is 29.2. The molecule has 3 aliphatic rings. The van der Waals surface area contributed by atoms with Gasteiger partial charge in [-0.2, -0.15) is 0 Å². The molecule has 0 aromatic heterocycles. The lowest BCUT2D eigenvalue weighted by atomic mass is 9.59. The van der Waals surface area contributed by atoms with Gasteiger partial charge in [0.2, 0.25) is 0 Å². The zero-order valence-electron chi connectivity index (χ0n) is 29.2. The number of nitrogens with zero attached hydrogens (tertiary/aromatic N) is 2. The van der Waals surface area contributed by atoms with Crippen LogP contribution in [0.2, 0.25) is 0 Å². The van der Waals surface area contributed by atoms with E-state index in [1.165, 1.54) is 82.8 Å². The van der Waals surface area contributed by atoms with E-state index in [0.717, 1.165) is 12.8 Å². The third-order valence-electron chi connectivity index (χ3n) is 11.0. The maximum absolute atomic E-state index is 2.60. The molecular formula is C46H50N2. The first-order valence-electron chi connectivity index (χ1n) is 18.0. The quantitative estimate of drug-likeness (QED) is 0.191. The first-order valence-corrected chi connectivity index (χ1v) is 18.0. The SMILES string of the molecule is Cc1ccc(N(C2=CCC(C3(C4=CCC(N(c5ccc(C)cc5)c5ccc(C)cc5)C=C4)CCCCC3)C=C2)c2ccc(C)cc2)cc1. The highest BCUT2D eigenvalue weighted by molar-refractivity contribution is 5.71. The van der Waals surface area contributed by atoms with Crippen molar-refractivity contribution in [3.8, 4) is 0 Å². The second-order valence-corrected chi connectivity index (χ2v) is 14.4. The number of rotatable bonds is 8. The number of aryl methyl sites for hydroxylation is 4. The number of benzene rings is 4. The van der Waals surface area contributed by atoms with Crippen LogP contribution in [0.4, 0.5) is 22.7 Å². The van der Waals surface area contributed by atoms with Crippen LogP contribution in [0, 0.1) is 39.0 Å². The van der Waals surface area contributed by atoms with E-state index in [1.807, 2.05) is 0 Å². The van der Waals surface area contributed by atoms with E-state index in [4.69, 9.17) is 0 Å². The normalized spacial score (nSPS) is 20.2. The molecule has 244 valence electrons. The van der Waals surface area contributed by atoms with Gasteiger partial charge in [0.05, 0.1) is 6.04 Å². The van der Waals surface area contributed by atoms with Crippen molar-refractivity contribution in [2.24, 2.45) is 11.3 Å². The van der Waals surface area contributed by atoms with E-state index in [1.54, 1.807) is 5.57 Å². The molecule has 7 rings (SSSR count). The van der Waals surface area contributed by atoms with Crippen molar-refractivity contribution in [2.45, 2.75) is 78.7 Å². The van der Waals surface area contributed by atoms with E-state index in [2.05, 4.69) is 171 Å². The second kappa shape index (κ2) is 13.9. The van der Waals surface area contributed by atoms with Gasteiger partial charge in [0.15, 0.2) is 0 Å². The van der Waals surface area contributed by atoms with Crippen LogP contribution < -0.4 is 9.80 Å². The van der Waals surface area contributed by atoms with Gasteiger partial charge < -0.3 is 9.80 Å². The van der Waals surface area contributed by atoms with Crippen molar-refractivity contribution >= 4 is 22.7 Å². The summed E-state index contributed by atoms with van der Waals surface area (Å²) in [6, 6.07) is 36.2. The Morgan fingerprint density at radius 1 is 0.500 bits per heavy atom. The van der Waals surface area contributed by atoms with Gasteiger partial charge >= 0.3 is 0 Å². The number of allylic oxidation sites excluding steroid dienone is 5. The average molecular weight is 631 g/mol. The number of anilines is 4. The third kappa shape index (κ3) is 6.59. The van der Waals surface area contributed by atoms with Gasteiger partial charge in [0, 0.05) is 33.9 Å². The van der Waals surface area contributed by atoms with Crippen LogP contribution in [-0.4, -0.2) is 6.04 Å². The molecule has 4 aromatic rings. The molecule has 48 heavy (non-hydrogen) atoms. The molecular weight excluding hydrogens is 581 g/mol. The van der Waals surface area contributed by atoms with Crippen molar-refractivity contribution in [1.29, 1.82) is 0 Å². The van der Waals surface area contributed by atoms with Crippen LogP contribution >= 0.6 is 0 Å². The molecule has 0 saturated heterocycles. The molecule has 0 heterocycles. The molecule has 3 aliphatic carbocycles. The van der Waals surface area contributed by atoms with Crippen LogP contribution in [0.25, 0.3) is 0 Å². The Morgan fingerprint density at radius 2 is 0.979 bits per heavy atom. The highest BCUT2D eigenvalue weighted by atomic mass is 15.2. The van der Waals surface area contributed by atoms with E-state index < -0.39 is 0 Å². The molecule has 0 aliphatic heterocycles. The Balaban J connectivity index is 1.16. The maximum Gasteiger partial charge on any atom is 0.0560 e. The van der Waals surface area contributed by atoms with Crippen LogP contribution in [0.1, 0.15) is 67.2 Å². The minimum Gasteiger partial charge on any atom is -0.334 e. The minimum absolute atomic E-state index is 0.190. The van der Waals surface area contributed by atoms with Crippen molar-refractivity contribution < 1.29 is 0 Å². The molecule has 1 fully saturated rings. The topological polar surface area (TPSA) is 6.48 Å². The Labute approximate surface area is 288 Å². The Bertz CT molecular complexity index is 1720. The highest BCUT2D eigenvalue weighted by Gasteiger charge is 2.42. The van der Waals surface area contributed by atoms with E-state index in [0.29, 0.717) is 5.92 Å². The summed E-state index contributed by atoms with van der Waals surface area (Å²) in [5.41, 5.74) is 13.1. The number of hydrogen-bond acceptors (Lipinski definition) is 2. The first kappa shape index (κ1) is 32.0. The lowest BCUT2D eigenvalue weighted by Gasteiger charge is -2.46. The summed E-state index contributed by atoms with van der Waals surface area (Å²) in [6.07, 6.45) is 23.7. The predicted octanol–water partition coefficient (Wildman–Crippen LogP) is 12.6. The van der Waals surface area contributed by atoms with E-state index in [-0.39, 0.29) is 11.5 Å². The Kier molecular flexibility index (Phi) is 9.26. The van der Waals surface area contributed by atoms with Gasteiger partial charge in [-0.3, -0.25) is 0 Å². The molecule has 0 radical (unpaired) electrons. The molecule has 2 heteroatoms. The standard InChI is InChI=1S/C46H50N2/c1-34-8-20-40(21-9-34)47(41-22-10-35(2)11-23-41)44-28-16-38(17-29-44)46(32-6-5-7-33-46)39-18-30-45(31-19-39)48(42-24-12-36(3)13-25-42)43-26-14-37(4)15-27-43/h8-18,20-28,30-31,39,44H,5-7,19,29,32-33H2,1-4H3. The lowest BCUT2D eigenvalue weighted by Crippen LogP contribution is -2.37. The Hall–Kier alpha value is -4.56. The summed E-state index contributed by atoms with van der Waals surface area (Å²) >= 11 is 0. The summed E-state index contributed by atoms with van der Waals surface area (Å²) < 4.78 is 0. The van der Waals surface area contributed by atoms with Crippen LogP contribution in [-0.2, 0) is 0 Å². The average Bonchev–Trinajstić information content (AvgIpc) is 3.13. The largest absolute Gasteiger partial charge is 0.334 e. The van der Waals surface area contributed by atoms with Crippen LogP contribution in [0.3, 0.4) is 0 Å². The molecule has 2 nitrogen and oxygen atoms in total. The molecule has 2 unspecified atom stereocenters. The summed E-state index contributed by atoms with van der Waals surface area (Å²) in [5, 5.41) is 0. The van der Waals surface area contributed by atoms with Crippen molar-refractivity contribution in [3.05, 3.63) is 167 Å². The Morgan fingerprint density at radius 3 is 1.40 bits per heavy atom. The lowest BCUT2D eigenvalue weighted by molar-refractivity contribution is 0.175. The van der Waals surface area contributed by atoms with Crippen molar-refractivity contribution in [2.75, 3.05) is 9.80 Å². The van der Waals surface area contributed by atoms with E-state index >= 15 is 0 Å². The fourth-order valence-corrected chi connectivity index (χ4v) is 8.19. The summed E-state index contributed by atoms with van der Waals surface area (Å²) in [6.45, 7) is 8.65. The molecule has 0 bridgehead atoms. The number of hydrogen-bond donors (Lipinski definition) is 0. The molecule has 0 N–H and O–H groups in total. The predicted molar refractivity (Wildman–Crippen MR) is 205 cm³/mol. The highest BCUT2D eigenvalue weighted by Crippen LogP contribution is 2.53. The maximum atomic E-state index is 2.60. The molecule has 0 amide bonds. The third-order valence-corrected chi connectivity index (χ3v) is 11.0. The van der Waals surface area contributed by atoms with Gasteiger partial charge in [-0.05, 0) is 119 Å². The monoisotopic (exact) mass is 630 g/mol. The van der Waals surface area contributed by atoms with Gasteiger partial charge in [-0.25, -0.2) is 0 Å². The minimum atomic E-state index is 0.190. The van der Waals surface area contributed by atoms with Crippen LogP contribution in [0.5, 0.6) is 0 Å². The smallest absolute Gasteiger partial charge is 0.0560 e. The van der Waals surface area contributed by atoms with E-state index in [9.17, 15) is 0 Å². The molecule has 0 spiro atoms. The second-order valence-electron chi connectivity index (χ2n) is 14.4. The zero-order chi connectivity index (χ0) is 33.1. The van der Waals surface area contributed by atoms with Crippen molar-refractivity contribution in [3.63, 3.8) is 0 Å². The van der Waals surface area contributed by atoms with Crippen molar-refractivity contribution in [1.82, 2.24) is 0 Å². The van der Waals surface area contributed by atoms with Gasteiger partial charge in [-0.1, -0.05) is 120 Å². The summed E-state index contributed by atoms with van der Waals surface area (Å²) in [4.78, 5) is 4.95. The first-order chi connectivity index (χ1) is 23.4. The van der Waals surface area contributed by atoms with Crippen LogP contribution in [0.15, 0.2) is 145 Å². The summed E-state index contributed by atoms with van der Waals surface area (Å²) in [7, 11) is 0. The fraction of sp³-hybridized carbons (Fsp3) is 0.304. The van der Waals surface area contributed by atoms with Gasteiger partial charge in [-0.15, -0.1) is 0 Å².